The van der Waals surface area contributed by atoms with Gasteiger partial charge in [0.1, 0.15) is 10.6 Å². The summed E-state index contributed by atoms with van der Waals surface area (Å²) in [7, 11) is 0. The fraction of sp³-hybridized carbons (Fsp3) is 0.188. The van der Waals surface area contributed by atoms with Crippen LogP contribution in [0.4, 0.5) is 0 Å². The molecule has 0 saturated carbocycles. The van der Waals surface area contributed by atoms with Gasteiger partial charge in [0.2, 0.25) is 0 Å². The number of aromatic carboxylic acids is 1. The molecular formula is C16H15NO3S. The summed E-state index contributed by atoms with van der Waals surface area (Å²) in [6.07, 6.45) is 1.64. The number of carboxylic acids is 1. The summed E-state index contributed by atoms with van der Waals surface area (Å²) < 4.78 is 6.35. The maximum Gasteiger partial charge on any atom is 0.346 e. The SMILES string of the molecule is C[C@@H](NCc1c(C(=O)O)sc2ccccc12)c1ccco1. The van der Waals surface area contributed by atoms with Crippen LogP contribution in [0, 0.1) is 0 Å². The molecule has 1 aromatic carbocycles. The van der Waals surface area contributed by atoms with E-state index in [1.165, 1.54) is 11.3 Å². The number of carbonyl (C=O) groups is 1. The Bertz CT molecular complexity index is 761. The molecule has 0 radical (unpaired) electrons. The Morgan fingerprint density at radius 3 is 2.86 bits per heavy atom. The van der Waals surface area contributed by atoms with Crippen LogP contribution in [0.1, 0.15) is 34.0 Å². The molecular weight excluding hydrogens is 286 g/mol. The van der Waals surface area contributed by atoms with Crippen LogP contribution in [0.3, 0.4) is 0 Å². The zero-order valence-electron chi connectivity index (χ0n) is 11.5. The first kappa shape index (κ1) is 13.9. The number of fused-ring (bicyclic) bond motifs is 1. The normalized spacial score (nSPS) is 12.6. The molecule has 0 unspecified atom stereocenters. The summed E-state index contributed by atoms with van der Waals surface area (Å²) in [6.45, 7) is 2.49. The van der Waals surface area contributed by atoms with Gasteiger partial charge in [0.05, 0.1) is 12.3 Å². The Balaban J connectivity index is 1.89. The third-order valence-corrected chi connectivity index (χ3v) is 4.65. The molecule has 108 valence electrons. The van der Waals surface area contributed by atoms with Crippen LogP contribution in [0.25, 0.3) is 10.1 Å². The Morgan fingerprint density at radius 2 is 2.14 bits per heavy atom. The Labute approximate surface area is 126 Å². The van der Waals surface area contributed by atoms with Gasteiger partial charge in [-0.15, -0.1) is 11.3 Å². The third kappa shape index (κ3) is 2.70. The van der Waals surface area contributed by atoms with Gasteiger partial charge in [-0.05, 0) is 36.1 Å². The van der Waals surface area contributed by atoms with Crippen molar-refractivity contribution in [1.29, 1.82) is 0 Å². The van der Waals surface area contributed by atoms with Gasteiger partial charge in [-0.1, -0.05) is 18.2 Å². The molecule has 3 rings (SSSR count). The molecule has 0 aliphatic carbocycles. The molecule has 0 fully saturated rings. The van der Waals surface area contributed by atoms with E-state index in [9.17, 15) is 9.90 Å². The summed E-state index contributed by atoms with van der Waals surface area (Å²) >= 11 is 1.32. The van der Waals surface area contributed by atoms with E-state index in [4.69, 9.17) is 4.42 Å². The lowest BCUT2D eigenvalue weighted by Crippen LogP contribution is -2.18. The van der Waals surface area contributed by atoms with Gasteiger partial charge >= 0.3 is 5.97 Å². The van der Waals surface area contributed by atoms with E-state index in [0.717, 1.165) is 21.4 Å². The van der Waals surface area contributed by atoms with E-state index < -0.39 is 5.97 Å². The molecule has 0 aliphatic heterocycles. The second-order valence-electron chi connectivity index (χ2n) is 4.83. The number of hydrogen-bond donors (Lipinski definition) is 2. The van der Waals surface area contributed by atoms with Gasteiger partial charge in [0.25, 0.3) is 0 Å². The number of rotatable bonds is 5. The van der Waals surface area contributed by atoms with Crippen LogP contribution >= 0.6 is 11.3 Å². The van der Waals surface area contributed by atoms with Crippen LogP contribution in [0.2, 0.25) is 0 Å². The minimum Gasteiger partial charge on any atom is -0.477 e. The topological polar surface area (TPSA) is 62.5 Å². The molecule has 0 amide bonds. The minimum atomic E-state index is -0.876. The van der Waals surface area contributed by atoms with E-state index in [2.05, 4.69) is 5.32 Å². The molecule has 2 N–H and O–H groups in total. The van der Waals surface area contributed by atoms with Crippen molar-refractivity contribution in [3.05, 3.63) is 58.9 Å². The average molecular weight is 301 g/mol. The number of furan rings is 1. The van der Waals surface area contributed by atoms with Crippen molar-refractivity contribution < 1.29 is 14.3 Å². The summed E-state index contributed by atoms with van der Waals surface area (Å²) in [6, 6.07) is 11.5. The molecule has 1 atom stereocenters. The highest BCUT2D eigenvalue weighted by Crippen LogP contribution is 2.31. The van der Waals surface area contributed by atoms with Crippen molar-refractivity contribution in [2.24, 2.45) is 0 Å². The number of thiophene rings is 1. The maximum atomic E-state index is 11.4. The van der Waals surface area contributed by atoms with Crippen molar-refractivity contribution in [3.63, 3.8) is 0 Å². The van der Waals surface area contributed by atoms with E-state index in [-0.39, 0.29) is 6.04 Å². The summed E-state index contributed by atoms with van der Waals surface area (Å²) in [4.78, 5) is 11.8. The maximum absolute atomic E-state index is 11.4. The van der Waals surface area contributed by atoms with Gasteiger partial charge in [-0.2, -0.15) is 0 Å². The van der Waals surface area contributed by atoms with E-state index >= 15 is 0 Å². The van der Waals surface area contributed by atoms with Gasteiger partial charge in [-0.25, -0.2) is 4.79 Å². The molecule has 4 nitrogen and oxygen atoms in total. The highest BCUT2D eigenvalue weighted by Gasteiger charge is 2.18. The fourth-order valence-electron chi connectivity index (χ4n) is 2.34. The molecule has 2 aromatic heterocycles. The second kappa shape index (κ2) is 5.71. The predicted molar refractivity (Wildman–Crippen MR) is 82.7 cm³/mol. The third-order valence-electron chi connectivity index (χ3n) is 3.45. The highest BCUT2D eigenvalue weighted by molar-refractivity contribution is 7.21. The molecule has 3 aromatic rings. The molecule has 5 heteroatoms. The Hall–Kier alpha value is -2.11. The second-order valence-corrected chi connectivity index (χ2v) is 5.88. The molecule has 0 spiro atoms. The van der Waals surface area contributed by atoms with Crippen molar-refractivity contribution in [3.8, 4) is 0 Å². The van der Waals surface area contributed by atoms with Crippen LogP contribution < -0.4 is 5.32 Å². The average Bonchev–Trinajstić information content (AvgIpc) is 3.12. The molecule has 0 aliphatic rings. The van der Waals surface area contributed by atoms with Crippen LogP contribution in [0.15, 0.2) is 47.1 Å². The molecule has 0 bridgehead atoms. The standard InChI is InChI=1S/C16H15NO3S/c1-10(13-6-4-8-20-13)17-9-12-11-5-2-3-7-14(11)21-15(12)16(18)19/h2-8,10,17H,9H2,1H3,(H,18,19)/t10-/m1/s1. The lowest BCUT2D eigenvalue weighted by Gasteiger charge is -2.11. The minimum absolute atomic E-state index is 0.0281. The quantitative estimate of drug-likeness (QED) is 0.746. The first-order valence-corrected chi connectivity index (χ1v) is 7.49. The summed E-state index contributed by atoms with van der Waals surface area (Å²) in [5, 5.41) is 13.7. The fourth-order valence-corrected chi connectivity index (χ4v) is 3.40. The smallest absolute Gasteiger partial charge is 0.346 e. The number of benzene rings is 1. The number of hydrogen-bond acceptors (Lipinski definition) is 4. The largest absolute Gasteiger partial charge is 0.477 e. The number of carboxylic acid groups (broad SMARTS) is 1. The van der Waals surface area contributed by atoms with Crippen LogP contribution in [-0.2, 0) is 6.54 Å². The van der Waals surface area contributed by atoms with Crippen molar-refractivity contribution in [1.82, 2.24) is 5.32 Å². The number of nitrogens with one attached hydrogen (secondary N) is 1. The van der Waals surface area contributed by atoms with Gasteiger partial charge in [0, 0.05) is 11.2 Å². The lowest BCUT2D eigenvalue weighted by atomic mass is 10.1. The van der Waals surface area contributed by atoms with Crippen LogP contribution in [-0.4, -0.2) is 11.1 Å². The van der Waals surface area contributed by atoms with Gasteiger partial charge in [-0.3, -0.25) is 0 Å². The van der Waals surface area contributed by atoms with Crippen LogP contribution in [0.5, 0.6) is 0 Å². The van der Waals surface area contributed by atoms with Gasteiger partial charge < -0.3 is 14.8 Å². The van der Waals surface area contributed by atoms with Crippen molar-refractivity contribution in [2.45, 2.75) is 19.5 Å². The predicted octanol–water partition coefficient (Wildman–Crippen LogP) is 4.04. The summed E-state index contributed by atoms with van der Waals surface area (Å²) in [5.74, 6) is -0.0370. The molecule has 0 saturated heterocycles. The molecule has 2 heterocycles. The zero-order chi connectivity index (χ0) is 14.8. The highest BCUT2D eigenvalue weighted by atomic mass is 32.1. The first-order valence-electron chi connectivity index (χ1n) is 6.67. The van der Waals surface area contributed by atoms with Gasteiger partial charge in [0.15, 0.2) is 0 Å². The Kier molecular flexibility index (Phi) is 3.77. The zero-order valence-corrected chi connectivity index (χ0v) is 12.3. The summed E-state index contributed by atoms with van der Waals surface area (Å²) in [5.41, 5.74) is 0.835. The Morgan fingerprint density at radius 1 is 1.33 bits per heavy atom. The van der Waals surface area contributed by atoms with E-state index in [1.807, 2.05) is 43.3 Å². The first-order chi connectivity index (χ1) is 10.2. The molecule has 21 heavy (non-hydrogen) atoms. The van der Waals surface area contributed by atoms with Crippen molar-refractivity contribution in [2.75, 3.05) is 0 Å². The van der Waals surface area contributed by atoms with Crippen molar-refractivity contribution >= 4 is 27.4 Å². The lowest BCUT2D eigenvalue weighted by molar-refractivity contribution is 0.0701. The van der Waals surface area contributed by atoms with E-state index in [0.29, 0.717) is 11.4 Å². The van der Waals surface area contributed by atoms with E-state index in [1.54, 1.807) is 6.26 Å². The monoisotopic (exact) mass is 301 g/mol.